The van der Waals surface area contributed by atoms with E-state index in [0.29, 0.717) is 0 Å². The predicted octanol–water partition coefficient (Wildman–Crippen LogP) is 5.93. The minimum atomic E-state index is -3.12. The summed E-state index contributed by atoms with van der Waals surface area (Å²) >= 11 is 0. The quantitative estimate of drug-likeness (QED) is 0.476. The zero-order valence-corrected chi connectivity index (χ0v) is 25.6. The summed E-state index contributed by atoms with van der Waals surface area (Å²) in [5, 5.41) is 0. The van der Waals surface area contributed by atoms with Gasteiger partial charge in [0, 0.05) is 4.28 Å². The van der Waals surface area contributed by atoms with Gasteiger partial charge in [-0.05, 0) is 37.3 Å². The Balaban J connectivity index is 4.12. The Morgan fingerprint density at radius 2 is 1.11 bits per heavy atom. The van der Waals surface area contributed by atoms with Crippen molar-refractivity contribution < 1.29 is 13.6 Å². The number of hydrogen-bond acceptors (Lipinski definition) is 3. The average Bonchev–Trinajstić information content (AvgIpc) is 2.42. The van der Waals surface area contributed by atoms with E-state index in [2.05, 4.69) is 103 Å². The second-order valence-corrected chi connectivity index (χ2v) is 42.2. The van der Waals surface area contributed by atoms with Gasteiger partial charge in [-0.2, -0.15) is 0 Å². The van der Waals surface area contributed by atoms with Crippen LogP contribution in [0, 0.1) is 0 Å². The van der Waals surface area contributed by atoms with Crippen LogP contribution in [0.1, 0.15) is 5.56 Å². The number of hydrogen-bond donors (Lipinski definition) is 1. The average molecular weight is 473 g/mol. The number of ether oxygens (including phenoxy) is 1. The number of benzene rings is 1. The maximum Gasteiger partial charge on any atom is 0.308 e. The van der Waals surface area contributed by atoms with E-state index < -0.39 is 40.1 Å². The van der Waals surface area contributed by atoms with E-state index >= 15 is 0 Å². The molecule has 0 aliphatic rings. The van der Waals surface area contributed by atoms with Gasteiger partial charge in [-0.3, -0.25) is 0 Å². The first-order valence-corrected chi connectivity index (χ1v) is 27.1. The normalized spacial score (nSPS) is 16.6. The first-order chi connectivity index (χ1) is 12.2. The molecule has 0 fully saturated rings. The summed E-state index contributed by atoms with van der Waals surface area (Å²) in [5.74, 6) is 0.869. The summed E-state index contributed by atoms with van der Waals surface area (Å²) in [7, 11) is -9.24. The van der Waals surface area contributed by atoms with Gasteiger partial charge in [0.05, 0.1) is 23.3 Å². The molecule has 162 valence electrons. The Kier molecular flexibility index (Phi) is 7.39. The van der Waals surface area contributed by atoms with Crippen LogP contribution in [0.15, 0.2) is 24.3 Å². The molecule has 8 heteroatoms. The smallest absolute Gasteiger partial charge is 0.308 e. The van der Waals surface area contributed by atoms with Gasteiger partial charge < -0.3 is 13.6 Å². The Morgan fingerprint density at radius 3 is 1.36 bits per heavy atom. The van der Waals surface area contributed by atoms with Crippen LogP contribution >= 0.6 is 0 Å². The molecule has 0 aliphatic carbocycles. The van der Waals surface area contributed by atoms with E-state index in [9.17, 15) is 4.80 Å². The van der Waals surface area contributed by atoms with Crippen LogP contribution < -0.4 is 4.74 Å². The fourth-order valence-corrected chi connectivity index (χ4v) is 55.3. The van der Waals surface area contributed by atoms with Crippen molar-refractivity contribution >= 4 is 40.1 Å². The zero-order valence-electron chi connectivity index (χ0n) is 20.6. The third kappa shape index (κ3) is 4.52. The molecule has 1 aromatic rings. The fourth-order valence-electron chi connectivity index (χ4n) is 5.28. The van der Waals surface area contributed by atoms with Gasteiger partial charge in [0.25, 0.3) is 0 Å². The molecule has 1 N–H and O–H groups in total. The highest BCUT2D eigenvalue weighted by Gasteiger charge is 2.73. The Morgan fingerprint density at radius 1 is 0.714 bits per heavy atom. The highest BCUT2D eigenvalue weighted by atomic mass is 29.3. The third-order valence-corrected chi connectivity index (χ3v) is 38.5. The molecule has 1 aromatic carbocycles. The molecule has 0 radical (unpaired) electrons. The van der Waals surface area contributed by atoms with E-state index in [0.717, 1.165) is 5.75 Å². The minimum absolute atomic E-state index is 0.204. The topological polar surface area (TPSA) is 38.7 Å². The summed E-state index contributed by atoms with van der Waals surface area (Å²) in [6.07, 6.45) is 0. The molecule has 0 spiro atoms. The highest BCUT2D eigenvalue weighted by Crippen LogP contribution is 2.52. The second kappa shape index (κ2) is 7.94. The maximum atomic E-state index is 12.9. The molecule has 0 saturated carbocycles. The summed E-state index contributed by atoms with van der Waals surface area (Å²) in [4.78, 5) is 12.9. The first kappa shape index (κ1) is 26.1. The molecule has 0 amide bonds. The van der Waals surface area contributed by atoms with Gasteiger partial charge in [0.1, 0.15) is 13.3 Å². The van der Waals surface area contributed by atoms with Crippen LogP contribution in [0.25, 0.3) is 0 Å². The SMILES string of the molecule is COc1ccc(C([Si](C)(C)C)([Si](C)(C)C)[Si](O)(O[Si](C)(C)C)[Si](C)(C)C)cc1. The predicted molar refractivity (Wildman–Crippen MR) is 137 cm³/mol. The summed E-state index contributed by atoms with van der Waals surface area (Å²) < 4.78 is 12.3. The Hall–Kier alpha value is 0.0244. The van der Waals surface area contributed by atoms with E-state index in [1.54, 1.807) is 7.11 Å². The molecule has 1 rings (SSSR count). The Bertz CT molecular complexity index is 650. The van der Waals surface area contributed by atoms with Crippen molar-refractivity contribution in [3.63, 3.8) is 0 Å². The molecule has 0 bridgehead atoms. The molecular formula is C20H44O3Si5. The molecular weight excluding hydrogens is 429 g/mol. The molecule has 28 heavy (non-hydrogen) atoms. The van der Waals surface area contributed by atoms with Gasteiger partial charge in [0.15, 0.2) is 8.32 Å². The van der Waals surface area contributed by atoms with Crippen molar-refractivity contribution in [3.05, 3.63) is 29.8 Å². The van der Waals surface area contributed by atoms with Crippen LogP contribution in [0.2, 0.25) is 78.6 Å². The van der Waals surface area contributed by atoms with Crippen LogP contribution in [-0.2, 0) is 8.40 Å². The molecule has 1 atom stereocenters. The maximum absolute atomic E-state index is 12.9. The molecule has 0 aromatic heterocycles. The largest absolute Gasteiger partial charge is 0.497 e. The highest BCUT2D eigenvalue weighted by molar-refractivity contribution is 7.43. The lowest BCUT2D eigenvalue weighted by Gasteiger charge is -2.63. The lowest BCUT2D eigenvalue weighted by Crippen LogP contribution is -2.86. The molecule has 0 aliphatic heterocycles. The monoisotopic (exact) mass is 472 g/mol. The molecule has 0 saturated heterocycles. The molecule has 3 nitrogen and oxygen atoms in total. The van der Waals surface area contributed by atoms with Gasteiger partial charge in [-0.1, -0.05) is 71.1 Å². The van der Waals surface area contributed by atoms with Crippen molar-refractivity contribution in [1.29, 1.82) is 0 Å². The van der Waals surface area contributed by atoms with Crippen LogP contribution in [0.3, 0.4) is 0 Å². The van der Waals surface area contributed by atoms with Gasteiger partial charge in [-0.15, -0.1) is 0 Å². The minimum Gasteiger partial charge on any atom is -0.497 e. The summed E-state index contributed by atoms with van der Waals surface area (Å²) in [6.45, 7) is 28.4. The van der Waals surface area contributed by atoms with Crippen LogP contribution in [-0.4, -0.2) is 52.0 Å². The van der Waals surface area contributed by atoms with E-state index in [-0.39, 0.29) is 4.28 Å². The molecule has 1 unspecified atom stereocenters. The van der Waals surface area contributed by atoms with Crippen molar-refractivity contribution in [3.8, 4) is 5.75 Å². The summed E-state index contributed by atoms with van der Waals surface area (Å²) in [5.41, 5.74) is 1.29. The standard InChI is InChI=1S/C20H44O3Si5/c1-22-19-16-14-18(15-17-19)20(24(2,3)4,25(5,6)7)28(21,27(11,12)13)23-26(8,9)10/h14-17,21H,1-13H3. The zero-order chi connectivity index (χ0) is 22.4. The second-order valence-electron chi connectivity index (χ2n) is 12.1. The lowest BCUT2D eigenvalue weighted by atomic mass is 10.2. The van der Waals surface area contributed by atoms with E-state index in [4.69, 9.17) is 8.85 Å². The van der Waals surface area contributed by atoms with Gasteiger partial charge in [0.2, 0.25) is 0 Å². The van der Waals surface area contributed by atoms with Gasteiger partial charge >= 0.3 is 8.08 Å². The van der Waals surface area contributed by atoms with Crippen molar-refractivity contribution in [2.75, 3.05) is 7.11 Å². The Labute approximate surface area is 179 Å². The van der Waals surface area contributed by atoms with Crippen molar-refractivity contribution in [1.82, 2.24) is 0 Å². The van der Waals surface area contributed by atoms with E-state index in [1.165, 1.54) is 5.56 Å². The first-order valence-electron chi connectivity index (χ1n) is 10.3. The summed E-state index contributed by atoms with van der Waals surface area (Å²) in [6, 6.07) is 8.58. The fraction of sp³-hybridized carbons (Fsp3) is 0.700. The molecule has 0 heterocycles. The van der Waals surface area contributed by atoms with Crippen LogP contribution in [0.5, 0.6) is 5.75 Å². The number of methoxy groups -OCH3 is 1. The number of rotatable bonds is 8. The van der Waals surface area contributed by atoms with Crippen LogP contribution in [0.4, 0.5) is 0 Å². The van der Waals surface area contributed by atoms with Crippen molar-refractivity contribution in [2.24, 2.45) is 0 Å². The van der Waals surface area contributed by atoms with E-state index in [1.807, 2.05) is 0 Å². The van der Waals surface area contributed by atoms with Crippen molar-refractivity contribution in [2.45, 2.75) is 82.8 Å². The van der Waals surface area contributed by atoms with Gasteiger partial charge in [-0.25, -0.2) is 0 Å². The lowest BCUT2D eigenvalue weighted by molar-refractivity contribution is 0.377. The third-order valence-electron chi connectivity index (χ3n) is 5.75.